The first-order valence-corrected chi connectivity index (χ1v) is 9.61. The Morgan fingerprint density at radius 2 is 1.79 bits per heavy atom. The van der Waals surface area contributed by atoms with Gasteiger partial charge in [0.05, 0.1) is 18.6 Å². The van der Waals surface area contributed by atoms with Gasteiger partial charge in [0.2, 0.25) is 0 Å². The van der Waals surface area contributed by atoms with Crippen LogP contribution in [-0.4, -0.2) is 30.4 Å². The lowest BCUT2D eigenvalue weighted by atomic mass is 10.0. The highest BCUT2D eigenvalue weighted by Crippen LogP contribution is 2.25. The maximum absolute atomic E-state index is 12.4. The van der Waals surface area contributed by atoms with Crippen molar-refractivity contribution in [1.82, 2.24) is 5.32 Å². The van der Waals surface area contributed by atoms with Crippen molar-refractivity contribution in [2.45, 2.75) is 39.3 Å². The number of rotatable bonds is 9. The minimum atomic E-state index is -0.658. The van der Waals surface area contributed by atoms with E-state index in [9.17, 15) is 14.4 Å². The topological polar surface area (TPSA) is 81.7 Å². The van der Waals surface area contributed by atoms with E-state index < -0.39 is 17.9 Å². The molecule has 0 radical (unpaired) electrons. The standard InChI is InChI=1S/C22H24ClNO5/c1-14(2)29-22(27)12-20(18-9-4-5-10-19(18)23)24-21(26)13-28-17-8-6-7-16(11-17)15(3)25/h4-11,14,20H,12-13H2,1-3H3,(H,24,26)/t20-/m0/s1. The molecule has 2 aromatic rings. The van der Waals surface area contributed by atoms with Crippen molar-refractivity contribution >= 4 is 29.3 Å². The van der Waals surface area contributed by atoms with Gasteiger partial charge in [0.15, 0.2) is 12.4 Å². The maximum Gasteiger partial charge on any atom is 0.308 e. The average Bonchev–Trinajstić information content (AvgIpc) is 2.66. The zero-order valence-corrected chi connectivity index (χ0v) is 17.4. The van der Waals surface area contributed by atoms with Crippen LogP contribution in [0, 0.1) is 0 Å². The predicted octanol–water partition coefficient (Wildman–Crippen LogP) is 4.12. The Hall–Kier alpha value is -2.86. The Kier molecular flexibility index (Phi) is 8.21. The monoisotopic (exact) mass is 417 g/mol. The second kappa shape index (κ2) is 10.6. The molecular formula is C22H24ClNO5. The van der Waals surface area contributed by atoms with Crippen LogP contribution in [0.4, 0.5) is 0 Å². The molecule has 0 aromatic heterocycles. The van der Waals surface area contributed by atoms with E-state index in [-0.39, 0.29) is 24.9 Å². The molecule has 0 saturated carbocycles. The number of Topliss-reactive ketones (excluding diaryl/α,β-unsaturated/α-hetero) is 1. The molecule has 0 saturated heterocycles. The quantitative estimate of drug-likeness (QED) is 0.490. The second-order valence-electron chi connectivity index (χ2n) is 6.76. The molecule has 7 heteroatoms. The summed E-state index contributed by atoms with van der Waals surface area (Å²) in [5.41, 5.74) is 1.11. The van der Waals surface area contributed by atoms with Crippen LogP contribution in [0.3, 0.4) is 0 Å². The van der Waals surface area contributed by atoms with E-state index in [1.54, 1.807) is 62.4 Å². The average molecular weight is 418 g/mol. The molecule has 0 unspecified atom stereocenters. The summed E-state index contributed by atoms with van der Waals surface area (Å²) in [7, 11) is 0. The number of halogens is 1. The molecule has 2 aromatic carbocycles. The lowest BCUT2D eigenvalue weighted by molar-refractivity contribution is -0.148. The number of hydrogen-bond donors (Lipinski definition) is 1. The molecule has 29 heavy (non-hydrogen) atoms. The van der Waals surface area contributed by atoms with Gasteiger partial charge in [0.25, 0.3) is 5.91 Å². The molecule has 154 valence electrons. The van der Waals surface area contributed by atoms with E-state index in [4.69, 9.17) is 21.1 Å². The number of amides is 1. The summed E-state index contributed by atoms with van der Waals surface area (Å²) >= 11 is 6.25. The summed E-state index contributed by atoms with van der Waals surface area (Å²) in [5, 5.41) is 3.21. The largest absolute Gasteiger partial charge is 0.484 e. The molecule has 1 atom stereocenters. The highest BCUT2D eigenvalue weighted by atomic mass is 35.5. The van der Waals surface area contributed by atoms with Gasteiger partial charge in [-0.05, 0) is 44.5 Å². The fraction of sp³-hybridized carbons (Fsp3) is 0.318. The molecule has 1 amide bonds. The SMILES string of the molecule is CC(=O)c1cccc(OCC(=O)N[C@@H](CC(=O)OC(C)C)c2ccccc2Cl)c1. The minimum Gasteiger partial charge on any atom is -0.484 e. The smallest absolute Gasteiger partial charge is 0.308 e. The number of carbonyl (C=O) groups excluding carboxylic acids is 3. The van der Waals surface area contributed by atoms with Gasteiger partial charge in [-0.15, -0.1) is 0 Å². The van der Waals surface area contributed by atoms with E-state index in [2.05, 4.69) is 5.32 Å². The van der Waals surface area contributed by atoms with Crippen LogP contribution < -0.4 is 10.1 Å². The second-order valence-corrected chi connectivity index (χ2v) is 7.16. The van der Waals surface area contributed by atoms with Crippen molar-refractivity contribution in [2.24, 2.45) is 0 Å². The van der Waals surface area contributed by atoms with Crippen molar-refractivity contribution < 1.29 is 23.9 Å². The molecule has 0 bridgehead atoms. The number of carbonyl (C=O) groups is 3. The van der Waals surface area contributed by atoms with E-state index in [1.165, 1.54) is 6.92 Å². The van der Waals surface area contributed by atoms with Gasteiger partial charge in [0.1, 0.15) is 5.75 Å². The van der Waals surface area contributed by atoms with E-state index in [0.29, 0.717) is 21.9 Å². The number of ketones is 1. The van der Waals surface area contributed by atoms with E-state index >= 15 is 0 Å². The third-order valence-corrected chi connectivity index (χ3v) is 4.31. The summed E-state index contributed by atoms with van der Waals surface area (Å²) in [6, 6.07) is 12.9. The predicted molar refractivity (Wildman–Crippen MR) is 110 cm³/mol. The number of ether oxygens (including phenoxy) is 2. The van der Waals surface area contributed by atoms with Gasteiger partial charge in [-0.3, -0.25) is 14.4 Å². The van der Waals surface area contributed by atoms with Crippen LogP contribution >= 0.6 is 11.6 Å². The van der Waals surface area contributed by atoms with Gasteiger partial charge in [-0.1, -0.05) is 41.9 Å². The van der Waals surface area contributed by atoms with Crippen molar-refractivity contribution in [1.29, 1.82) is 0 Å². The molecule has 0 spiro atoms. The summed E-state index contributed by atoms with van der Waals surface area (Å²) in [6.07, 6.45) is -0.324. The van der Waals surface area contributed by atoms with Crippen molar-refractivity contribution in [3.8, 4) is 5.75 Å². The highest BCUT2D eigenvalue weighted by Gasteiger charge is 2.22. The van der Waals surface area contributed by atoms with Gasteiger partial charge in [-0.25, -0.2) is 0 Å². The molecule has 0 fully saturated rings. The zero-order chi connectivity index (χ0) is 21.4. The van der Waals surface area contributed by atoms with Crippen LogP contribution in [0.25, 0.3) is 0 Å². The Morgan fingerprint density at radius 1 is 1.07 bits per heavy atom. The van der Waals surface area contributed by atoms with Crippen LogP contribution in [0.15, 0.2) is 48.5 Å². The van der Waals surface area contributed by atoms with Crippen LogP contribution in [0.1, 0.15) is 49.2 Å². The zero-order valence-electron chi connectivity index (χ0n) is 16.6. The molecule has 6 nitrogen and oxygen atoms in total. The first-order chi connectivity index (χ1) is 13.8. The number of nitrogens with one attached hydrogen (secondary N) is 1. The fourth-order valence-corrected chi connectivity index (χ4v) is 2.93. The minimum absolute atomic E-state index is 0.0620. The first-order valence-electron chi connectivity index (χ1n) is 9.23. The van der Waals surface area contributed by atoms with Crippen molar-refractivity contribution in [2.75, 3.05) is 6.61 Å². The van der Waals surface area contributed by atoms with Gasteiger partial charge in [0, 0.05) is 10.6 Å². The molecule has 0 aliphatic heterocycles. The first kappa shape index (κ1) is 22.4. The maximum atomic E-state index is 12.4. The van der Waals surface area contributed by atoms with Crippen LogP contribution in [0.5, 0.6) is 5.75 Å². The number of hydrogen-bond acceptors (Lipinski definition) is 5. The van der Waals surface area contributed by atoms with Gasteiger partial charge in [-0.2, -0.15) is 0 Å². The Labute approximate surface area is 175 Å². The third-order valence-electron chi connectivity index (χ3n) is 3.96. The lowest BCUT2D eigenvalue weighted by Gasteiger charge is -2.20. The fourth-order valence-electron chi connectivity index (χ4n) is 2.66. The normalized spacial score (nSPS) is 11.6. The Bertz CT molecular complexity index is 881. The molecule has 1 N–H and O–H groups in total. The highest BCUT2D eigenvalue weighted by molar-refractivity contribution is 6.31. The summed E-state index contributed by atoms with van der Waals surface area (Å²) in [5.74, 6) is -0.565. The Balaban J connectivity index is 2.06. The molecular weight excluding hydrogens is 394 g/mol. The molecule has 0 aliphatic carbocycles. The molecule has 0 heterocycles. The van der Waals surface area contributed by atoms with Crippen LogP contribution in [0.2, 0.25) is 5.02 Å². The van der Waals surface area contributed by atoms with E-state index in [1.807, 2.05) is 0 Å². The number of esters is 1. The molecule has 2 rings (SSSR count). The van der Waals surface area contributed by atoms with E-state index in [0.717, 1.165) is 0 Å². The Morgan fingerprint density at radius 3 is 2.45 bits per heavy atom. The van der Waals surface area contributed by atoms with Gasteiger partial charge < -0.3 is 14.8 Å². The van der Waals surface area contributed by atoms with Gasteiger partial charge >= 0.3 is 5.97 Å². The molecule has 0 aliphatic rings. The van der Waals surface area contributed by atoms with Crippen molar-refractivity contribution in [3.05, 3.63) is 64.7 Å². The number of benzene rings is 2. The summed E-state index contributed by atoms with van der Waals surface area (Å²) in [4.78, 5) is 36.0. The van der Waals surface area contributed by atoms with Crippen LogP contribution in [-0.2, 0) is 14.3 Å². The lowest BCUT2D eigenvalue weighted by Crippen LogP contribution is -2.34. The third kappa shape index (κ3) is 7.23. The summed E-state index contributed by atoms with van der Waals surface area (Å²) in [6.45, 7) is 4.69. The van der Waals surface area contributed by atoms with Crippen molar-refractivity contribution in [3.63, 3.8) is 0 Å². The summed E-state index contributed by atoms with van der Waals surface area (Å²) < 4.78 is 10.7.